The van der Waals surface area contributed by atoms with Crippen LogP contribution in [-0.4, -0.2) is 47.5 Å². The second-order valence-electron chi connectivity index (χ2n) is 4.92. The molecule has 8 nitrogen and oxygen atoms in total. The van der Waals surface area contributed by atoms with Crippen LogP contribution in [0.15, 0.2) is 17.4 Å². The Kier molecular flexibility index (Phi) is 2.49. The second kappa shape index (κ2) is 3.86. The van der Waals surface area contributed by atoms with Gasteiger partial charge in [-0.15, -0.1) is 0 Å². The van der Waals surface area contributed by atoms with Gasteiger partial charge in [-0.1, -0.05) is 0 Å². The molecular weight excluding hydrogens is 252 g/mol. The fourth-order valence-corrected chi connectivity index (χ4v) is 2.42. The van der Waals surface area contributed by atoms with Crippen molar-refractivity contribution in [2.24, 2.45) is 0 Å². The van der Waals surface area contributed by atoms with Gasteiger partial charge in [-0.05, 0) is 13.8 Å². The first-order valence-corrected chi connectivity index (χ1v) is 5.89. The highest BCUT2D eigenvalue weighted by atomic mass is 16.6. The Morgan fingerprint density at radius 3 is 2.89 bits per heavy atom. The van der Waals surface area contributed by atoms with Crippen molar-refractivity contribution in [2.45, 2.75) is 37.9 Å². The SMILES string of the molecule is CC1O[C@@H](n2cnc3c(=O)[nH]cnc32)[C@@](C)(O)C1O. The number of aromatic nitrogens is 4. The summed E-state index contributed by atoms with van der Waals surface area (Å²) < 4.78 is 7.01. The van der Waals surface area contributed by atoms with Crippen LogP contribution < -0.4 is 5.56 Å². The first-order valence-electron chi connectivity index (χ1n) is 5.89. The molecule has 0 aromatic carbocycles. The highest BCUT2D eigenvalue weighted by molar-refractivity contribution is 5.68. The van der Waals surface area contributed by atoms with Crippen molar-refractivity contribution in [1.29, 1.82) is 0 Å². The van der Waals surface area contributed by atoms with Gasteiger partial charge in [0.15, 0.2) is 17.4 Å². The number of fused-ring (bicyclic) bond motifs is 1. The fourth-order valence-electron chi connectivity index (χ4n) is 2.42. The predicted octanol–water partition coefficient (Wildman–Crippen LogP) is -0.851. The molecule has 0 bridgehead atoms. The van der Waals surface area contributed by atoms with Gasteiger partial charge in [-0.25, -0.2) is 9.97 Å². The van der Waals surface area contributed by atoms with Gasteiger partial charge in [0.05, 0.1) is 18.8 Å². The lowest BCUT2D eigenvalue weighted by molar-refractivity contribution is -0.0936. The number of nitrogens with one attached hydrogen (secondary N) is 1. The minimum absolute atomic E-state index is 0.163. The fraction of sp³-hybridized carbons (Fsp3) is 0.545. The van der Waals surface area contributed by atoms with Gasteiger partial charge in [-0.2, -0.15) is 0 Å². The maximum absolute atomic E-state index is 11.6. The summed E-state index contributed by atoms with van der Waals surface area (Å²) in [5, 5.41) is 20.3. The van der Waals surface area contributed by atoms with E-state index in [0.717, 1.165) is 0 Å². The van der Waals surface area contributed by atoms with Crippen LogP contribution in [0.5, 0.6) is 0 Å². The number of aliphatic hydroxyl groups is 2. The predicted molar refractivity (Wildman–Crippen MR) is 64.4 cm³/mol. The first-order chi connectivity index (χ1) is 8.93. The van der Waals surface area contributed by atoms with E-state index in [0.29, 0.717) is 5.65 Å². The molecule has 0 saturated carbocycles. The smallest absolute Gasteiger partial charge is 0.278 e. The monoisotopic (exact) mass is 266 g/mol. The molecule has 1 saturated heterocycles. The number of ether oxygens (including phenoxy) is 1. The topological polar surface area (TPSA) is 113 Å². The van der Waals surface area contributed by atoms with Crippen LogP contribution in [0.2, 0.25) is 0 Å². The summed E-state index contributed by atoms with van der Waals surface area (Å²) in [6.45, 7) is 3.14. The van der Waals surface area contributed by atoms with E-state index in [2.05, 4.69) is 15.0 Å². The quantitative estimate of drug-likeness (QED) is 0.619. The van der Waals surface area contributed by atoms with E-state index in [1.165, 1.54) is 24.1 Å². The van der Waals surface area contributed by atoms with E-state index in [1.54, 1.807) is 6.92 Å². The number of aromatic amines is 1. The van der Waals surface area contributed by atoms with Crippen LogP contribution in [0.4, 0.5) is 0 Å². The molecule has 4 atom stereocenters. The summed E-state index contributed by atoms with van der Waals surface area (Å²) in [7, 11) is 0. The molecule has 0 radical (unpaired) electrons. The molecule has 1 aliphatic rings. The van der Waals surface area contributed by atoms with Crippen LogP contribution in [0, 0.1) is 0 Å². The van der Waals surface area contributed by atoms with Gasteiger partial charge in [0, 0.05) is 0 Å². The van der Waals surface area contributed by atoms with Gasteiger partial charge >= 0.3 is 0 Å². The Morgan fingerprint density at radius 2 is 2.26 bits per heavy atom. The Balaban J connectivity index is 2.16. The van der Waals surface area contributed by atoms with Crippen molar-refractivity contribution < 1.29 is 14.9 Å². The summed E-state index contributed by atoms with van der Waals surface area (Å²) in [5.74, 6) is 0. The molecule has 2 aromatic heterocycles. The number of hydrogen-bond donors (Lipinski definition) is 3. The molecule has 3 rings (SSSR count). The largest absolute Gasteiger partial charge is 0.387 e. The molecule has 102 valence electrons. The molecule has 19 heavy (non-hydrogen) atoms. The maximum Gasteiger partial charge on any atom is 0.278 e. The molecule has 8 heteroatoms. The lowest BCUT2D eigenvalue weighted by atomic mass is 9.97. The van der Waals surface area contributed by atoms with Crippen molar-refractivity contribution in [2.75, 3.05) is 0 Å². The highest BCUT2D eigenvalue weighted by Crippen LogP contribution is 2.38. The zero-order valence-corrected chi connectivity index (χ0v) is 10.4. The van der Waals surface area contributed by atoms with Gasteiger partial charge in [0.1, 0.15) is 11.7 Å². The lowest BCUT2D eigenvalue weighted by Crippen LogP contribution is -2.43. The third kappa shape index (κ3) is 1.61. The van der Waals surface area contributed by atoms with Crippen LogP contribution in [-0.2, 0) is 4.74 Å². The zero-order valence-electron chi connectivity index (χ0n) is 10.4. The van der Waals surface area contributed by atoms with E-state index < -0.39 is 24.0 Å². The van der Waals surface area contributed by atoms with Crippen LogP contribution in [0.3, 0.4) is 0 Å². The minimum atomic E-state index is -1.49. The Morgan fingerprint density at radius 1 is 1.53 bits per heavy atom. The summed E-state index contributed by atoms with van der Waals surface area (Å²) in [5.41, 5.74) is -1.39. The molecule has 3 heterocycles. The van der Waals surface area contributed by atoms with E-state index in [1.807, 2.05) is 0 Å². The maximum atomic E-state index is 11.6. The Labute approximate surface area is 107 Å². The van der Waals surface area contributed by atoms with Gasteiger partial charge in [0.25, 0.3) is 5.56 Å². The number of hydrogen-bond acceptors (Lipinski definition) is 6. The average molecular weight is 266 g/mol. The minimum Gasteiger partial charge on any atom is -0.387 e. The van der Waals surface area contributed by atoms with Crippen molar-refractivity contribution in [1.82, 2.24) is 19.5 Å². The summed E-state index contributed by atoms with van der Waals surface area (Å²) >= 11 is 0. The number of nitrogens with zero attached hydrogens (tertiary/aromatic N) is 3. The van der Waals surface area contributed by atoms with E-state index in [4.69, 9.17) is 4.74 Å². The summed E-state index contributed by atoms with van der Waals surface area (Å²) in [6, 6.07) is 0. The molecule has 3 N–H and O–H groups in total. The third-order valence-corrected chi connectivity index (χ3v) is 3.50. The zero-order chi connectivity index (χ0) is 13.8. The number of imidazole rings is 1. The van der Waals surface area contributed by atoms with E-state index >= 15 is 0 Å². The van der Waals surface area contributed by atoms with Crippen LogP contribution >= 0.6 is 0 Å². The summed E-state index contributed by atoms with van der Waals surface area (Å²) in [4.78, 5) is 22.0. The molecule has 2 unspecified atom stereocenters. The number of aliphatic hydroxyl groups excluding tert-OH is 1. The van der Waals surface area contributed by atoms with Crippen LogP contribution in [0.25, 0.3) is 11.2 Å². The molecule has 2 aromatic rings. The van der Waals surface area contributed by atoms with Crippen molar-refractivity contribution in [3.63, 3.8) is 0 Å². The molecular formula is C11H14N4O4. The Bertz CT molecular complexity index is 677. The van der Waals surface area contributed by atoms with Gasteiger partial charge in [0.2, 0.25) is 0 Å². The average Bonchev–Trinajstić information content (AvgIpc) is 2.86. The lowest BCUT2D eigenvalue weighted by Gasteiger charge is -2.27. The molecule has 0 spiro atoms. The second-order valence-corrected chi connectivity index (χ2v) is 4.92. The van der Waals surface area contributed by atoms with E-state index in [9.17, 15) is 15.0 Å². The Hall–Kier alpha value is -1.77. The number of rotatable bonds is 1. The number of H-pyrrole nitrogens is 1. The van der Waals surface area contributed by atoms with Crippen LogP contribution in [0.1, 0.15) is 20.1 Å². The molecule has 0 aliphatic carbocycles. The standard InChI is InChI=1S/C11H14N4O4/c1-5-7(16)11(2,18)10(19-5)15-4-14-6-8(15)12-3-13-9(6)17/h3-5,7,10,16,18H,1-2H3,(H,12,13,17)/t5?,7?,10-,11+/m1/s1. The molecule has 0 amide bonds. The highest BCUT2D eigenvalue weighted by Gasteiger charge is 2.51. The van der Waals surface area contributed by atoms with E-state index in [-0.39, 0.29) is 11.1 Å². The van der Waals surface area contributed by atoms with Crippen molar-refractivity contribution in [3.8, 4) is 0 Å². The van der Waals surface area contributed by atoms with Crippen molar-refractivity contribution >= 4 is 11.2 Å². The molecule has 1 aliphatic heterocycles. The summed E-state index contributed by atoms with van der Waals surface area (Å²) in [6.07, 6.45) is 0.219. The molecule has 1 fully saturated rings. The first kappa shape index (κ1) is 12.3. The van der Waals surface area contributed by atoms with Crippen molar-refractivity contribution in [3.05, 3.63) is 23.0 Å². The van der Waals surface area contributed by atoms with Gasteiger partial charge in [-0.3, -0.25) is 9.36 Å². The third-order valence-electron chi connectivity index (χ3n) is 3.50. The normalized spacial score (nSPS) is 35.1. The van der Waals surface area contributed by atoms with Gasteiger partial charge < -0.3 is 19.9 Å².